The summed E-state index contributed by atoms with van der Waals surface area (Å²) in [5.41, 5.74) is 7.14. The van der Waals surface area contributed by atoms with E-state index in [0.717, 1.165) is 16.8 Å². The minimum absolute atomic E-state index is 0.235. The molecule has 0 aromatic carbocycles. The number of nitrogens with zero attached hydrogens (tertiary/aromatic N) is 3. The fraction of sp³-hybridized carbons (Fsp3) is 0.154. The van der Waals surface area contributed by atoms with Crippen molar-refractivity contribution in [3.8, 4) is 0 Å². The van der Waals surface area contributed by atoms with Crippen molar-refractivity contribution in [1.29, 1.82) is 0 Å². The number of rotatable bonds is 3. The van der Waals surface area contributed by atoms with Crippen molar-refractivity contribution < 1.29 is 4.79 Å². The number of nitrogens with one attached hydrogen (secondary N) is 1. The number of nitrogens with two attached hydrogens (primary N) is 1. The van der Waals surface area contributed by atoms with Gasteiger partial charge in [0.15, 0.2) is 0 Å². The molecular weight excluding hydrogens is 274 g/mol. The molecule has 0 spiro atoms. The summed E-state index contributed by atoms with van der Waals surface area (Å²) in [6.45, 7) is 2.74. The van der Waals surface area contributed by atoms with E-state index in [9.17, 15) is 4.79 Å². The van der Waals surface area contributed by atoms with Crippen molar-refractivity contribution in [2.75, 3.05) is 11.1 Å². The van der Waals surface area contributed by atoms with Crippen LogP contribution in [0.4, 0.5) is 11.4 Å². The largest absolute Gasteiger partial charge is 0.397 e. The number of anilines is 2. The third-order valence-electron chi connectivity index (χ3n) is 2.93. The Hall–Kier alpha value is -2.41. The second-order valence-electron chi connectivity index (χ2n) is 4.24. The molecule has 6 nitrogen and oxygen atoms in total. The van der Waals surface area contributed by atoms with Gasteiger partial charge in [-0.2, -0.15) is 5.10 Å². The topological polar surface area (TPSA) is 85.8 Å². The SMILES string of the molecule is CCn1cc(NC(=O)c2sc3ncccc3c2N)cn1. The first-order chi connectivity index (χ1) is 9.69. The number of nitrogen functional groups attached to an aromatic ring is 1. The maximum absolute atomic E-state index is 12.3. The zero-order chi connectivity index (χ0) is 14.1. The van der Waals surface area contributed by atoms with Crippen molar-refractivity contribution in [3.63, 3.8) is 0 Å². The molecule has 0 unspecified atom stereocenters. The molecular formula is C13H13N5OS. The third-order valence-corrected chi connectivity index (χ3v) is 4.05. The number of carbonyl (C=O) groups excluding carboxylic acids is 1. The minimum Gasteiger partial charge on any atom is -0.397 e. The molecule has 102 valence electrons. The summed E-state index contributed by atoms with van der Waals surface area (Å²) in [5.74, 6) is -0.235. The van der Waals surface area contributed by atoms with Gasteiger partial charge in [0.25, 0.3) is 5.91 Å². The number of hydrogen-bond acceptors (Lipinski definition) is 5. The van der Waals surface area contributed by atoms with Crippen LogP contribution < -0.4 is 11.1 Å². The van der Waals surface area contributed by atoms with E-state index in [1.54, 1.807) is 29.3 Å². The Kier molecular flexibility index (Phi) is 3.11. The molecule has 3 aromatic heterocycles. The molecule has 0 saturated heterocycles. The monoisotopic (exact) mass is 287 g/mol. The van der Waals surface area contributed by atoms with Gasteiger partial charge in [0.2, 0.25) is 0 Å². The van der Waals surface area contributed by atoms with Gasteiger partial charge < -0.3 is 11.1 Å². The van der Waals surface area contributed by atoms with E-state index in [1.807, 2.05) is 13.0 Å². The van der Waals surface area contributed by atoms with Crippen LogP contribution in [0.15, 0.2) is 30.7 Å². The van der Waals surface area contributed by atoms with Gasteiger partial charge in [0.1, 0.15) is 9.71 Å². The van der Waals surface area contributed by atoms with E-state index in [0.29, 0.717) is 16.3 Å². The Balaban J connectivity index is 1.90. The maximum atomic E-state index is 12.3. The summed E-state index contributed by atoms with van der Waals surface area (Å²) in [7, 11) is 0. The molecule has 3 N–H and O–H groups in total. The summed E-state index contributed by atoms with van der Waals surface area (Å²) >= 11 is 1.29. The van der Waals surface area contributed by atoms with Crippen LogP contribution in [0.2, 0.25) is 0 Å². The van der Waals surface area contributed by atoms with Gasteiger partial charge in [-0.05, 0) is 19.1 Å². The molecule has 0 aliphatic heterocycles. The summed E-state index contributed by atoms with van der Waals surface area (Å²) < 4.78 is 1.74. The first-order valence-electron chi connectivity index (χ1n) is 6.16. The fourth-order valence-corrected chi connectivity index (χ4v) is 2.87. The van der Waals surface area contributed by atoms with Crippen LogP contribution in [-0.4, -0.2) is 20.7 Å². The maximum Gasteiger partial charge on any atom is 0.268 e. The van der Waals surface area contributed by atoms with Gasteiger partial charge in [-0.25, -0.2) is 4.98 Å². The molecule has 0 bridgehead atoms. The average Bonchev–Trinajstić information content (AvgIpc) is 3.04. The number of fused-ring (bicyclic) bond motifs is 1. The number of aryl methyl sites for hydroxylation is 1. The Morgan fingerprint density at radius 3 is 3.10 bits per heavy atom. The molecule has 0 radical (unpaired) electrons. The standard InChI is InChI=1S/C13H13N5OS/c1-2-18-7-8(6-16-18)17-12(19)11-10(14)9-4-3-5-15-13(9)20-11/h3-7H,2,14H2,1H3,(H,17,19). The second-order valence-corrected chi connectivity index (χ2v) is 5.24. The van der Waals surface area contributed by atoms with E-state index in [1.165, 1.54) is 11.3 Å². The first-order valence-corrected chi connectivity index (χ1v) is 6.97. The molecule has 3 rings (SSSR count). The lowest BCUT2D eigenvalue weighted by Gasteiger charge is -2.00. The minimum atomic E-state index is -0.235. The number of aromatic nitrogens is 3. The van der Waals surface area contributed by atoms with Crippen LogP contribution in [-0.2, 0) is 6.54 Å². The Labute approximate surface area is 119 Å². The molecule has 1 amide bonds. The van der Waals surface area contributed by atoms with Gasteiger partial charge in [-0.15, -0.1) is 11.3 Å². The molecule has 0 atom stereocenters. The van der Waals surface area contributed by atoms with E-state index >= 15 is 0 Å². The lowest BCUT2D eigenvalue weighted by atomic mass is 10.2. The van der Waals surface area contributed by atoms with Gasteiger partial charge in [-0.3, -0.25) is 9.48 Å². The van der Waals surface area contributed by atoms with Crippen molar-refractivity contribution in [1.82, 2.24) is 14.8 Å². The zero-order valence-corrected chi connectivity index (χ0v) is 11.6. The van der Waals surface area contributed by atoms with E-state index in [2.05, 4.69) is 15.4 Å². The van der Waals surface area contributed by atoms with Gasteiger partial charge in [0.05, 0.1) is 17.6 Å². The normalized spacial score (nSPS) is 10.8. The van der Waals surface area contributed by atoms with Crippen molar-refractivity contribution >= 4 is 38.8 Å². The number of carbonyl (C=O) groups is 1. The van der Waals surface area contributed by atoms with Crippen LogP contribution in [0, 0.1) is 0 Å². The summed E-state index contributed by atoms with van der Waals surface area (Å²) in [6, 6.07) is 3.67. The van der Waals surface area contributed by atoms with Crippen LogP contribution in [0.25, 0.3) is 10.2 Å². The number of pyridine rings is 1. The van der Waals surface area contributed by atoms with Crippen LogP contribution in [0.1, 0.15) is 16.6 Å². The predicted octanol–water partition coefficient (Wildman–Crippen LogP) is 2.35. The molecule has 20 heavy (non-hydrogen) atoms. The van der Waals surface area contributed by atoms with Crippen molar-refractivity contribution in [3.05, 3.63) is 35.6 Å². The molecule has 7 heteroatoms. The predicted molar refractivity (Wildman–Crippen MR) is 79.9 cm³/mol. The molecule has 0 fully saturated rings. The second kappa shape index (κ2) is 4.93. The zero-order valence-electron chi connectivity index (χ0n) is 10.8. The highest BCUT2D eigenvalue weighted by atomic mass is 32.1. The summed E-state index contributed by atoms with van der Waals surface area (Å²) in [4.78, 5) is 17.7. The molecule has 3 aromatic rings. The first kappa shape index (κ1) is 12.6. The molecule has 0 aliphatic rings. The molecule has 3 heterocycles. The highest BCUT2D eigenvalue weighted by Gasteiger charge is 2.17. The lowest BCUT2D eigenvalue weighted by molar-refractivity contribution is 0.103. The van der Waals surface area contributed by atoms with E-state index < -0.39 is 0 Å². The van der Waals surface area contributed by atoms with Crippen LogP contribution in [0.3, 0.4) is 0 Å². The molecule has 0 aliphatic carbocycles. The highest BCUT2D eigenvalue weighted by Crippen LogP contribution is 2.32. The molecule has 0 saturated carbocycles. The summed E-state index contributed by atoms with van der Waals surface area (Å²) in [6.07, 6.45) is 5.08. The van der Waals surface area contributed by atoms with E-state index in [-0.39, 0.29) is 5.91 Å². The highest BCUT2D eigenvalue weighted by molar-refractivity contribution is 7.21. The van der Waals surface area contributed by atoms with Gasteiger partial charge in [0, 0.05) is 24.3 Å². The lowest BCUT2D eigenvalue weighted by Crippen LogP contribution is -2.11. The quantitative estimate of drug-likeness (QED) is 0.774. The third kappa shape index (κ3) is 2.12. The van der Waals surface area contributed by atoms with Crippen molar-refractivity contribution in [2.45, 2.75) is 13.5 Å². The van der Waals surface area contributed by atoms with Crippen LogP contribution in [0.5, 0.6) is 0 Å². The smallest absolute Gasteiger partial charge is 0.268 e. The van der Waals surface area contributed by atoms with Crippen LogP contribution >= 0.6 is 11.3 Å². The number of hydrogen-bond donors (Lipinski definition) is 2. The Morgan fingerprint density at radius 2 is 2.40 bits per heavy atom. The number of amides is 1. The Morgan fingerprint density at radius 1 is 1.55 bits per heavy atom. The summed E-state index contributed by atoms with van der Waals surface area (Å²) in [5, 5.41) is 7.72. The van der Waals surface area contributed by atoms with Gasteiger partial charge in [-0.1, -0.05) is 0 Å². The average molecular weight is 287 g/mol. The number of thiophene rings is 1. The van der Waals surface area contributed by atoms with Crippen molar-refractivity contribution in [2.24, 2.45) is 0 Å². The fourth-order valence-electron chi connectivity index (χ4n) is 1.91. The van der Waals surface area contributed by atoms with Gasteiger partial charge >= 0.3 is 0 Å². The van der Waals surface area contributed by atoms with E-state index in [4.69, 9.17) is 5.73 Å². The Bertz CT molecular complexity index is 776.